The summed E-state index contributed by atoms with van der Waals surface area (Å²) in [7, 11) is 0. The average Bonchev–Trinajstić information content (AvgIpc) is 3.28. The topological polar surface area (TPSA) is 90.4 Å². The fourth-order valence-electron chi connectivity index (χ4n) is 3.17. The summed E-state index contributed by atoms with van der Waals surface area (Å²) in [5.74, 6) is 0.225. The molecular formula is C26H23N3O4S. The molecule has 0 saturated carbocycles. The first-order valence-corrected chi connectivity index (χ1v) is 11.5. The van der Waals surface area contributed by atoms with Crippen molar-refractivity contribution in [1.29, 1.82) is 0 Å². The lowest BCUT2D eigenvalue weighted by Gasteiger charge is -2.10. The van der Waals surface area contributed by atoms with E-state index in [1.54, 1.807) is 54.2 Å². The van der Waals surface area contributed by atoms with E-state index in [1.807, 2.05) is 32.0 Å². The quantitative estimate of drug-likeness (QED) is 0.341. The molecule has 2 aromatic carbocycles. The Hall–Kier alpha value is -4.04. The second-order valence-corrected chi connectivity index (χ2v) is 8.58. The fourth-order valence-corrected chi connectivity index (χ4v) is 3.95. The Morgan fingerprint density at radius 2 is 1.91 bits per heavy atom. The SMILES string of the molecule is Cc1ccc(C)c(NC(=O)Cc2nc(COC(=O)c3ccccc3Oc3cccnc3)cs2)c1. The molecule has 8 heteroatoms. The highest BCUT2D eigenvalue weighted by atomic mass is 32.1. The van der Waals surface area contributed by atoms with Crippen LogP contribution in [-0.2, 0) is 22.6 Å². The number of carbonyl (C=O) groups excluding carboxylic acids is 2. The van der Waals surface area contributed by atoms with Gasteiger partial charge in [-0.25, -0.2) is 9.78 Å². The van der Waals surface area contributed by atoms with Gasteiger partial charge in [0.2, 0.25) is 5.91 Å². The molecule has 34 heavy (non-hydrogen) atoms. The largest absolute Gasteiger partial charge is 0.455 e. The Labute approximate surface area is 201 Å². The summed E-state index contributed by atoms with van der Waals surface area (Å²) in [6.45, 7) is 3.92. The molecule has 0 fully saturated rings. The van der Waals surface area contributed by atoms with Gasteiger partial charge in [-0.3, -0.25) is 9.78 Å². The van der Waals surface area contributed by atoms with Crippen LogP contribution in [0.3, 0.4) is 0 Å². The van der Waals surface area contributed by atoms with Gasteiger partial charge in [-0.1, -0.05) is 24.3 Å². The molecule has 172 valence electrons. The molecule has 4 rings (SSSR count). The Morgan fingerprint density at radius 1 is 1.06 bits per heavy atom. The van der Waals surface area contributed by atoms with Crippen LogP contribution in [0.15, 0.2) is 72.4 Å². The van der Waals surface area contributed by atoms with Crippen molar-refractivity contribution < 1.29 is 19.1 Å². The van der Waals surface area contributed by atoms with E-state index in [0.717, 1.165) is 16.8 Å². The van der Waals surface area contributed by atoms with Crippen molar-refractivity contribution in [3.05, 3.63) is 99.8 Å². The van der Waals surface area contributed by atoms with Crippen LogP contribution in [0.4, 0.5) is 5.69 Å². The van der Waals surface area contributed by atoms with Crippen molar-refractivity contribution in [3.8, 4) is 11.5 Å². The molecule has 0 radical (unpaired) electrons. The average molecular weight is 474 g/mol. The molecule has 0 unspecified atom stereocenters. The molecule has 1 amide bonds. The van der Waals surface area contributed by atoms with E-state index < -0.39 is 5.97 Å². The summed E-state index contributed by atoms with van der Waals surface area (Å²) >= 11 is 1.35. The number of pyridine rings is 1. The van der Waals surface area contributed by atoms with Crippen LogP contribution >= 0.6 is 11.3 Å². The minimum atomic E-state index is -0.526. The second kappa shape index (κ2) is 10.7. The van der Waals surface area contributed by atoms with Crippen molar-refractivity contribution in [2.75, 3.05) is 5.32 Å². The molecule has 0 saturated heterocycles. The minimum Gasteiger partial charge on any atom is -0.455 e. The predicted octanol–water partition coefficient (Wildman–Crippen LogP) is 5.49. The smallest absolute Gasteiger partial charge is 0.342 e. The normalized spacial score (nSPS) is 10.5. The number of hydrogen-bond acceptors (Lipinski definition) is 7. The first-order chi connectivity index (χ1) is 16.5. The Morgan fingerprint density at radius 3 is 2.74 bits per heavy atom. The molecule has 0 bridgehead atoms. The van der Waals surface area contributed by atoms with Crippen LogP contribution < -0.4 is 10.1 Å². The number of para-hydroxylation sites is 1. The first kappa shape index (κ1) is 23.1. The lowest BCUT2D eigenvalue weighted by atomic mass is 10.1. The van der Waals surface area contributed by atoms with Gasteiger partial charge in [-0.15, -0.1) is 11.3 Å². The highest BCUT2D eigenvalue weighted by molar-refractivity contribution is 7.09. The minimum absolute atomic E-state index is 0.00479. The molecule has 7 nitrogen and oxygen atoms in total. The third kappa shape index (κ3) is 6.05. The van der Waals surface area contributed by atoms with Gasteiger partial charge >= 0.3 is 5.97 Å². The van der Waals surface area contributed by atoms with E-state index in [9.17, 15) is 9.59 Å². The summed E-state index contributed by atoms with van der Waals surface area (Å²) in [5.41, 5.74) is 3.75. The van der Waals surface area contributed by atoms with Gasteiger partial charge in [-0.05, 0) is 55.3 Å². The highest BCUT2D eigenvalue weighted by Crippen LogP contribution is 2.25. The second-order valence-electron chi connectivity index (χ2n) is 7.64. The number of carbonyl (C=O) groups is 2. The number of rotatable bonds is 8. The predicted molar refractivity (Wildman–Crippen MR) is 130 cm³/mol. The number of ether oxygens (including phenoxy) is 2. The number of benzene rings is 2. The van der Waals surface area contributed by atoms with Crippen molar-refractivity contribution in [3.63, 3.8) is 0 Å². The molecule has 2 aromatic heterocycles. The maximum absolute atomic E-state index is 12.7. The maximum Gasteiger partial charge on any atom is 0.342 e. The number of nitrogens with zero attached hydrogens (tertiary/aromatic N) is 2. The highest BCUT2D eigenvalue weighted by Gasteiger charge is 2.16. The monoisotopic (exact) mass is 473 g/mol. The third-order valence-electron chi connectivity index (χ3n) is 4.90. The molecule has 0 aliphatic carbocycles. The van der Waals surface area contributed by atoms with Gasteiger partial charge in [0.15, 0.2) is 0 Å². The van der Waals surface area contributed by atoms with Crippen LogP contribution in [0, 0.1) is 13.8 Å². The van der Waals surface area contributed by atoms with E-state index in [0.29, 0.717) is 27.8 Å². The third-order valence-corrected chi connectivity index (χ3v) is 5.80. The van der Waals surface area contributed by atoms with E-state index in [1.165, 1.54) is 11.3 Å². The molecule has 2 heterocycles. The fraction of sp³-hybridized carbons (Fsp3) is 0.154. The van der Waals surface area contributed by atoms with Gasteiger partial charge < -0.3 is 14.8 Å². The molecule has 0 aliphatic rings. The zero-order chi connectivity index (χ0) is 23.9. The number of thiazole rings is 1. The Bertz CT molecular complexity index is 1300. The first-order valence-electron chi connectivity index (χ1n) is 10.6. The number of esters is 1. The lowest BCUT2D eigenvalue weighted by Crippen LogP contribution is -2.15. The summed E-state index contributed by atoms with van der Waals surface area (Å²) in [5, 5.41) is 5.36. The maximum atomic E-state index is 12.7. The van der Waals surface area contributed by atoms with Crippen LogP contribution in [0.1, 0.15) is 32.2 Å². The molecular weight excluding hydrogens is 450 g/mol. The Balaban J connectivity index is 1.34. The van der Waals surface area contributed by atoms with Crippen molar-refractivity contribution in [1.82, 2.24) is 9.97 Å². The van der Waals surface area contributed by atoms with E-state index >= 15 is 0 Å². The summed E-state index contributed by atoms with van der Waals surface area (Å²) in [6.07, 6.45) is 3.35. The molecule has 0 aliphatic heterocycles. The lowest BCUT2D eigenvalue weighted by molar-refractivity contribution is -0.115. The number of aromatic nitrogens is 2. The Kier molecular flexibility index (Phi) is 7.29. The number of nitrogens with one attached hydrogen (secondary N) is 1. The van der Waals surface area contributed by atoms with Gasteiger partial charge in [0, 0.05) is 17.3 Å². The van der Waals surface area contributed by atoms with E-state index in [-0.39, 0.29) is 18.9 Å². The zero-order valence-electron chi connectivity index (χ0n) is 18.8. The zero-order valence-corrected chi connectivity index (χ0v) is 19.6. The number of amides is 1. The number of hydrogen-bond donors (Lipinski definition) is 1. The van der Waals surface area contributed by atoms with E-state index in [2.05, 4.69) is 15.3 Å². The van der Waals surface area contributed by atoms with Crippen LogP contribution in [0.25, 0.3) is 0 Å². The molecule has 4 aromatic rings. The van der Waals surface area contributed by atoms with Crippen molar-refractivity contribution in [2.24, 2.45) is 0 Å². The van der Waals surface area contributed by atoms with Gasteiger partial charge in [-0.2, -0.15) is 0 Å². The molecule has 0 atom stereocenters. The van der Waals surface area contributed by atoms with Gasteiger partial charge in [0.25, 0.3) is 0 Å². The van der Waals surface area contributed by atoms with Crippen molar-refractivity contribution in [2.45, 2.75) is 26.9 Å². The standard InChI is InChI=1S/C26H23N3O4S/c1-17-9-10-18(2)22(12-17)29-24(30)13-25-28-19(16-34-25)15-32-26(31)21-7-3-4-8-23(21)33-20-6-5-11-27-14-20/h3-12,14,16H,13,15H2,1-2H3,(H,29,30). The van der Waals surface area contributed by atoms with Crippen LogP contribution in [-0.4, -0.2) is 21.8 Å². The molecule has 1 N–H and O–H groups in total. The van der Waals surface area contributed by atoms with Crippen molar-refractivity contribution >= 4 is 28.9 Å². The number of anilines is 1. The summed E-state index contributed by atoms with van der Waals surface area (Å²) in [4.78, 5) is 33.6. The van der Waals surface area contributed by atoms with Gasteiger partial charge in [0.05, 0.1) is 18.3 Å². The van der Waals surface area contributed by atoms with Crippen LogP contribution in [0.2, 0.25) is 0 Å². The summed E-state index contributed by atoms with van der Waals surface area (Å²) < 4.78 is 11.2. The van der Waals surface area contributed by atoms with Crippen LogP contribution in [0.5, 0.6) is 11.5 Å². The van der Waals surface area contributed by atoms with E-state index in [4.69, 9.17) is 9.47 Å². The number of aryl methyl sites for hydroxylation is 2. The summed E-state index contributed by atoms with van der Waals surface area (Å²) in [6, 6.07) is 16.3. The molecule has 0 spiro atoms. The van der Waals surface area contributed by atoms with Gasteiger partial charge in [0.1, 0.15) is 28.7 Å².